The van der Waals surface area contributed by atoms with Crippen molar-refractivity contribution in [3.8, 4) is 11.6 Å². The SMILES string of the molecule is COc1cnc(O[C@@H]2C[C@H]3C(=O)N[C@]4(C(=O)NS(=O)(=O)C5CC5)C[C@H]4C=CCC[C@@H](C)C[C@@H](C)[C@H](NC(=O)O)C(=O)N3C2)c2cc(F)ccc12. The number of ether oxygens (including phenoxy) is 2. The summed E-state index contributed by atoms with van der Waals surface area (Å²) < 4.78 is 53.7. The Kier molecular flexibility index (Phi) is 9.68. The lowest BCUT2D eigenvalue weighted by molar-refractivity contribution is -0.142. The Hall–Kier alpha value is -4.47. The maximum atomic E-state index is 14.4. The summed E-state index contributed by atoms with van der Waals surface area (Å²) in [5.41, 5.74) is -1.56. The van der Waals surface area contributed by atoms with Crippen LogP contribution in [0.25, 0.3) is 10.8 Å². The Morgan fingerprint density at radius 2 is 1.90 bits per heavy atom. The molecule has 4 N–H and O–H groups in total. The van der Waals surface area contributed by atoms with Crippen LogP contribution in [0.4, 0.5) is 9.18 Å². The quantitative estimate of drug-likeness (QED) is 0.310. The summed E-state index contributed by atoms with van der Waals surface area (Å²) in [6, 6.07) is 1.60. The van der Waals surface area contributed by atoms with E-state index >= 15 is 0 Å². The first-order chi connectivity index (χ1) is 23.7. The van der Waals surface area contributed by atoms with Crippen LogP contribution in [0.1, 0.15) is 58.8 Å². The highest BCUT2D eigenvalue weighted by molar-refractivity contribution is 7.91. The number of fused-ring (bicyclic) bond motifs is 3. The van der Waals surface area contributed by atoms with Gasteiger partial charge in [-0.2, -0.15) is 0 Å². The third-order valence-electron chi connectivity index (χ3n) is 10.2. The lowest BCUT2D eigenvalue weighted by atomic mass is 9.88. The summed E-state index contributed by atoms with van der Waals surface area (Å²) in [5.74, 6) is -3.16. The Labute approximate surface area is 289 Å². The Bertz CT molecular complexity index is 1840. The first-order valence-electron chi connectivity index (χ1n) is 16.9. The van der Waals surface area contributed by atoms with Crippen LogP contribution in [0, 0.1) is 23.6 Å². The Morgan fingerprint density at radius 3 is 2.60 bits per heavy atom. The second-order valence-corrected chi connectivity index (χ2v) is 16.0. The van der Waals surface area contributed by atoms with E-state index in [2.05, 4.69) is 20.3 Å². The number of carbonyl (C=O) groups is 4. The average molecular weight is 716 g/mol. The summed E-state index contributed by atoms with van der Waals surface area (Å²) in [7, 11) is -2.48. The Morgan fingerprint density at radius 1 is 1.14 bits per heavy atom. The predicted molar refractivity (Wildman–Crippen MR) is 178 cm³/mol. The number of sulfonamides is 1. The molecule has 4 aliphatic rings. The van der Waals surface area contributed by atoms with E-state index in [1.165, 1.54) is 36.4 Å². The van der Waals surface area contributed by atoms with Gasteiger partial charge in [0.1, 0.15) is 35.3 Å². The number of methoxy groups -OCH3 is 1. The van der Waals surface area contributed by atoms with Gasteiger partial charge in [0.05, 0.1) is 30.5 Å². The third-order valence-corrected chi connectivity index (χ3v) is 12.0. The minimum absolute atomic E-state index is 0.0387. The lowest BCUT2D eigenvalue weighted by Crippen LogP contribution is -2.59. The minimum atomic E-state index is -3.92. The van der Waals surface area contributed by atoms with E-state index in [0.717, 1.165) is 6.42 Å². The normalized spacial score (nSPS) is 30.3. The van der Waals surface area contributed by atoms with Crippen LogP contribution < -0.4 is 24.8 Å². The van der Waals surface area contributed by atoms with Crippen molar-refractivity contribution in [1.82, 2.24) is 25.2 Å². The van der Waals surface area contributed by atoms with Gasteiger partial charge in [-0.05, 0) is 68.6 Å². The summed E-state index contributed by atoms with van der Waals surface area (Å²) >= 11 is 0. The molecule has 0 spiro atoms. The van der Waals surface area contributed by atoms with Crippen molar-refractivity contribution in [2.45, 2.75) is 87.8 Å². The van der Waals surface area contributed by atoms with Crippen molar-refractivity contribution < 1.29 is 46.6 Å². The number of nitrogens with one attached hydrogen (secondary N) is 3. The Balaban J connectivity index is 1.35. The van der Waals surface area contributed by atoms with Crippen LogP contribution in [0.2, 0.25) is 0 Å². The number of rotatable bonds is 7. The molecule has 1 aromatic carbocycles. The van der Waals surface area contributed by atoms with Gasteiger partial charge < -0.3 is 30.1 Å². The number of hydrogen-bond donors (Lipinski definition) is 4. The number of carboxylic acid groups (broad SMARTS) is 1. The van der Waals surface area contributed by atoms with Crippen molar-refractivity contribution in [3.05, 3.63) is 42.4 Å². The fourth-order valence-electron chi connectivity index (χ4n) is 7.21. The first kappa shape index (κ1) is 35.4. The van der Waals surface area contributed by atoms with Gasteiger partial charge in [-0.1, -0.05) is 26.0 Å². The van der Waals surface area contributed by atoms with E-state index in [1.807, 2.05) is 19.1 Å². The van der Waals surface area contributed by atoms with Crippen LogP contribution in [-0.4, -0.2) is 89.9 Å². The van der Waals surface area contributed by atoms with Gasteiger partial charge in [0.25, 0.3) is 5.91 Å². The zero-order chi connectivity index (χ0) is 36.0. The van der Waals surface area contributed by atoms with E-state index in [9.17, 15) is 37.1 Å². The fraction of sp³-hybridized carbons (Fsp3) is 0.559. The van der Waals surface area contributed by atoms with Crippen LogP contribution in [0.5, 0.6) is 11.6 Å². The van der Waals surface area contributed by atoms with Crippen molar-refractivity contribution in [2.75, 3.05) is 13.7 Å². The maximum Gasteiger partial charge on any atom is 0.405 e. The molecule has 270 valence electrons. The topological polar surface area (TPSA) is 193 Å². The maximum absolute atomic E-state index is 14.4. The van der Waals surface area contributed by atoms with E-state index in [0.29, 0.717) is 42.2 Å². The molecule has 4 amide bonds. The number of aromatic nitrogens is 1. The molecule has 16 heteroatoms. The molecule has 6 rings (SSSR count). The van der Waals surface area contributed by atoms with Crippen molar-refractivity contribution in [2.24, 2.45) is 17.8 Å². The van der Waals surface area contributed by atoms with E-state index in [1.54, 1.807) is 6.92 Å². The number of halogens is 1. The van der Waals surface area contributed by atoms with Gasteiger partial charge in [0.15, 0.2) is 0 Å². The highest BCUT2D eigenvalue weighted by Gasteiger charge is 2.62. The van der Waals surface area contributed by atoms with E-state index in [4.69, 9.17) is 9.47 Å². The molecule has 1 saturated heterocycles. The molecule has 2 saturated carbocycles. The number of nitrogens with zero attached hydrogens (tertiary/aromatic N) is 2. The molecule has 14 nitrogen and oxygen atoms in total. The molecular formula is C34H42FN5O9S. The molecule has 7 atom stereocenters. The van der Waals surface area contributed by atoms with Gasteiger partial charge in [-0.3, -0.25) is 19.1 Å². The van der Waals surface area contributed by atoms with Gasteiger partial charge >= 0.3 is 6.09 Å². The highest BCUT2D eigenvalue weighted by atomic mass is 32.2. The largest absolute Gasteiger partial charge is 0.494 e. The number of pyridine rings is 1. The predicted octanol–water partition coefficient (Wildman–Crippen LogP) is 2.86. The zero-order valence-electron chi connectivity index (χ0n) is 28.1. The first-order valence-corrected chi connectivity index (χ1v) is 18.4. The molecule has 0 bridgehead atoms. The molecule has 2 aliphatic heterocycles. The molecule has 3 fully saturated rings. The van der Waals surface area contributed by atoms with Gasteiger partial charge in [-0.15, -0.1) is 0 Å². The van der Waals surface area contributed by atoms with Crippen LogP contribution in [0.15, 0.2) is 36.5 Å². The molecular weight excluding hydrogens is 673 g/mol. The van der Waals surface area contributed by atoms with Gasteiger partial charge in [-0.25, -0.2) is 22.6 Å². The minimum Gasteiger partial charge on any atom is -0.494 e. The van der Waals surface area contributed by atoms with Crippen LogP contribution >= 0.6 is 0 Å². The molecule has 2 aromatic rings. The van der Waals surface area contributed by atoms with Gasteiger partial charge in [0.2, 0.25) is 27.7 Å². The van der Waals surface area contributed by atoms with Gasteiger partial charge in [0, 0.05) is 17.7 Å². The van der Waals surface area contributed by atoms with Crippen LogP contribution in [0.3, 0.4) is 0 Å². The molecule has 0 radical (unpaired) electrons. The molecule has 50 heavy (non-hydrogen) atoms. The number of hydrogen-bond acceptors (Lipinski definition) is 9. The summed E-state index contributed by atoms with van der Waals surface area (Å²) in [4.78, 5) is 59.6. The lowest BCUT2D eigenvalue weighted by Gasteiger charge is -2.32. The smallest absolute Gasteiger partial charge is 0.405 e. The fourth-order valence-corrected chi connectivity index (χ4v) is 8.57. The molecule has 1 aromatic heterocycles. The standard InChI is InChI=1S/C34H42FN5O9S/c1-18-6-4-5-7-20-15-34(20,32(43)39-50(46,47)23-9-10-23)38-29(41)26-14-22(17-40(26)31(42)28(19(2)12-18)37-33(44)45)49-30-25-13-21(35)8-11-24(25)27(48-3)16-36-30/h5,7-8,11,13,16,18-20,22-23,26,28,37H,4,6,9-10,12,14-15,17H2,1-3H3,(H,38,41)(H,39,43)(H,44,45)/t18-,19-,20-,22-,26+,28+,34-/m1/s1. The average Bonchev–Trinajstić information content (AvgIpc) is 3.98. The molecule has 3 heterocycles. The molecule has 0 unspecified atom stereocenters. The van der Waals surface area contributed by atoms with Crippen molar-refractivity contribution in [3.63, 3.8) is 0 Å². The second kappa shape index (κ2) is 13.7. The van der Waals surface area contributed by atoms with Crippen molar-refractivity contribution >= 4 is 44.6 Å². The monoisotopic (exact) mass is 715 g/mol. The third kappa shape index (κ3) is 7.21. The van der Waals surface area contributed by atoms with E-state index in [-0.39, 0.29) is 31.2 Å². The number of carbonyl (C=O) groups excluding carboxylic acids is 3. The van der Waals surface area contributed by atoms with E-state index < -0.39 is 80.5 Å². The second-order valence-electron chi connectivity index (χ2n) is 14.0. The number of allylic oxidation sites excluding steroid dienone is 1. The number of benzene rings is 1. The van der Waals surface area contributed by atoms with Crippen LogP contribution in [-0.2, 0) is 24.4 Å². The summed E-state index contributed by atoms with van der Waals surface area (Å²) in [6.07, 6.45) is 5.71. The number of amides is 4. The zero-order valence-corrected chi connectivity index (χ0v) is 28.9. The molecule has 2 aliphatic carbocycles. The van der Waals surface area contributed by atoms with Crippen molar-refractivity contribution in [1.29, 1.82) is 0 Å². The summed E-state index contributed by atoms with van der Waals surface area (Å²) in [6.45, 7) is 3.63. The summed E-state index contributed by atoms with van der Waals surface area (Å²) in [5, 5.41) is 15.0. The highest BCUT2D eigenvalue weighted by Crippen LogP contribution is 2.46.